The number of hydrogen-bond donors (Lipinski definition) is 1. The van der Waals surface area contributed by atoms with Crippen LogP contribution in [0.1, 0.15) is 59.3 Å². The number of carbonyl (C=O) groups excluding carboxylic acids is 1. The van der Waals surface area contributed by atoms with Crippen LogP contribution in [0.15, 0.2) is 23.8 Å². The Kier molecular flexibility index (Phi) is 2.90. The Morgan fingerprint density at radius 1 is 1.09 bits per heavy atom. The van der Waals surface area contributed by atoms with E-state index in [0.717, 1.165) is 19.3 Å². The van der Waals surface area contributed by atoms with Crippen LogP contribution in [0.2, 0.25) is 0 Å². The molecule has 6 atom stereocenters. The molecule has 1 N–H and O–H groups in total. The summed E-state index contributed by atoms with van der Waals surface area (Å²) in [7, 11) is 0. The Bertz CT molecular complexity index is 585. The summed E-state index contributed by atoms with van der Waals surface area (Å²) in [6, 6.07) is 0. The second-order valence-corrected chi connectivity index (χ2v) is 8.87. The summed E-state index contributed by atoms with van der Waals surface area (Å²) in [4.78, 5) is 11.7. The maximum Gasteiger partial charge on any atom is 0.178 e. The Morgan fingerprint density at radius 2 is 1.82 bits per heavy atom. The van der Waals surface area contributed by atoms with E-state index in [0.29, 0.717) is 17.8 Å². The van der Waals surface area contributed by atoms with Gasteiger partial charge in [-0.15, -0.1) is 0 Å². The summed E-state index contributed by atoms with van der Waals surface area (Å²) in [6.07, 6.45) is 12.5. The van der Waals surface area contributed by atoms with E-state index in [1.54, 1.807) is 6.08 Å². The third kappa shape index (κ3) is 1.68. The Labute approximate surface area is 133 Å². The minimum absolute atomic E-state index is 0.0760. The van der Waals surface area contributed by atoms with Gasteiger partial charge in [0.15, 0.2) is 5.78 Å². The lowest BCUT2D eigenvalue weighted by atomic mass is 9.47. The van der Waals surface area contributed by atoms with Crippen LogP contribution >= 0.6 is 0 Å². The van der Waals surface area contributed by atoms with Crippen LogP contribution in [0.3, 0.4) is 0 Å². The topological polar surface area (TPSA) is 37.3 Å². The highest BCUT2D eigenvalue weighted by Gasteiger charge is 2.61. The zero-order valence-electron chi connectivity index (χ0n) is 14.1. The van der Waals surface area contributed by atoms with E-state index in [9.17, 15) is 9.90 Å². The molecule has 3 saturated carbocycles. The van der Waals surface area contributed by atoms with Crippen LogP contribution < -0.4 is 0 Å². The molecule has 4 rings (SSSR count). The van der Waals surface area contributed by atoms with Crippen LogP contribution in [0.25, 0.3) is 0 Å². The van der Waals surface area contributed by atoms with Gasteiger partial charge in [0.25, 0.3) is 0 Å². The van der Waals surface area contributed by atoms with E-state index < -0.39 is 5.60 Å². The molecule has 120 valence electrons. The minimum atomic E-state index is -0.502. The number of aliphatic hydroxyl groups is 1. The second kappa shape index (κ2) is 4.35. The van der Waals surface area contributed by atoms with Crippen LogP contribution in [-0.4, -0.2) is 16.5 Å². The molecule has 3 fully saturated rings. The van der Waals surface area contributed by atoms with Crippen LogP contribution in [0.4, 0.5) is 0 Å². The number of rotatable bonds is 0. The van der Waals surface area contributed by atoms with Gasteiger partial charge in [-0.1, -0.05) is 25.5 Å². The van der Waals surface area contributed by atoms with Gasteiger partial charge in [0.1, 0.15) is 0 Å². The normalized spacial score (nSPS) is 53.5. The van der Waals surface area contributed by atoms with Crippen molar-refractivity contribution in [2.45, 2.75) is 64.9 Å². The average molecular weight is 300 g/mol. The molecule has 0 saturated heterocycles. The summed E-state index contributed by atoms with van der Waals surface area (Å²) in [6.45, 7) is 6.73. The molecule has 0 aliphatic heterocycles. The van der Waals surface area contributed by atoms with Crippen molar-refractivity contribution in [2.75, 3.05) is 0 Å². The minimum Gasteiger partial charge on any atom is -0.390 e. The third-order valence-electron chi connectivity index (χ3n) is 8.12. The molecule has 0 spiro atoms. The van der Waals surface area contributed by atoms with Crippen molar-refractivity contribution in [1.29, 1.82) is 0 Å². The number of fused-ring (bicyclic) bond motifs is 5. The molecule has 0 radical (unpaired) electrons. The lowest BCUT2D eigenvalue weighted by molar-refractivity contribution is -0.114. The molecule has 2 heteroatoms. The Balaban J connectivity index is 1.71. The first-order valence-corrected chi connectivity index (χ1v) is 8.95. The quantitative estimate of drug-likeness (QED) is 0.733. The molecule has 0 aromatic carbocycles. The average Bonchev–Trinajstić information content (AvgIpc) is 2.70. The standard InChI is InChI=1S/C20H28O2/c1-18-9-6-14(21)12-13(18)4-5-15-16(18)7-10-19(2)17(15)8-11-20(19,3)22/h6,9,12,15-17,22H,4-5,7-8,10-11H2,1-3H3/t15-,16+,17-,18+,19+,20-/m1/s1. The number of carbonyl (C=O) groups is 1. The molecule has 22 heavy (non-hydrogen) atoms. The van der Waals surface area contributed by atoms with Crippen LogP contribution in [0, 0.1) is 28.6 Å². The SMILES string of the molecule is C[C@]12C=CC(=O)C=C1CC[C@H]1[C@H]3CC[C@@](C)(O)[C@@]3(C)CC[C@@H]12. The van der Waals surface area contributed by atoms with Crippen molar-refractivity contribution in [3.05, 3.63) is 23.8 Å². The summed E-state index contributed by atoms with van der Waals surface area (Å²) >= 11 is 0. The fourth-order valence-electron chi connectivity index (χ4n) is 6.44. The maximum atomic E-state index is 11.7. The molecule has 0 unspecified atom stereocenters. The van der Waals surface area contributed by atoms with Gasteiger partial charge in [-0.25, -0.2) is 0 Å². The summed E-state index contributed by atoms with van der Waals surface area (Å²) < 4.78 is 0. The predicted molar refractivity (Wildman–Crippen MR) is 87.2 cm³/mol. The van der Waals surface area contributed by atoms with E-state index in [-0.39, 0.29) is 16.6 Å². The largest absolute Gasteiger partial charge is 0.390 e. The first-order valence-electron chi connectivity index (χ1n) is 8.95. The van der Waals surface area contributed by atoms with Crippen molar-refractivity contribution in [1.82, 2.24) is 0 Å². The number of hydrogen-bond acceptors (Lipinski definition) is 2. The van der Waals surface area contributed by atoms with Gasteiger partial charge in [0, 0.05) is 5.41 Å². The summed E-state index contributed by atoms with van der Waals surface area (Å²) in [5.74, 6) is 2.15. The van der Waals surface area contributed by atoms with Gasteiger partial charge in [0.2, 0.25) is 0 Å². The van der Waals surface area contributed by atoms with Gasteiger partial charge in [-0.05, 0) is 80.8 Å². The molecule has 0 aromatic heterocycles. The van der Waals surface area contributed by atoms with E-state index in [1.807, 2.05) is 6.08 Å². The van der Waals surface area contributed by atoms with Gasteiger partial charge in [-0.2, -0.15) is 0 Å². The number of allylic oxidation sites excluding steroid dienone is 4. The van der Waals surface area contributed by atoms with Gasteiger partial charge in [-0.3, -0.25) is 4.79 Å². The smallest absolute Gasteiger partial charge is 0.178 e. The molecule has 0 amide bonds. The molecule has 0 aromatic rings. The summed E-state index contributed by atoms with van der Waals surface area (Å²) in [5, 5.41) is 10.9. The van der Waals surface area contributed by atoms with Crippen molar-refractivity contribution in [3.63, 3.8) is 0 Å². The zero-order valence-corrected chi connectivity index (χ0v) is 14.1. The van der Waals surface area contributed by atoms with Gasteiger partial charge in [0.05, 0.1) is 5.60 Å². The zero-order chi connectivity index (χ0) is 15.8. The van der Waals surface area contributed by atoms with Crippen LogP contribution in [-0.2, 0) is 4.79 Å². The summed E-state index contributed by atoms with van der Waals surface area (Å²) in [5.41, 5.74) is 1.01. The van der Waals surface area contributed by atoms with E-state index in [2.05, 4.69) is 26.8 Å². The molecule has 0 bridgehead atoms. The fraction of sp³-hybridized carbons (Fsp3) is 0.750. The van der Waals surface area contributed by atoms with Crippen molar-refractivity contribution in [3.8, 4) is 0 Å². The maximum absolute atomic E-state index is 11.7. The van der Waals surface area contributed by atoms with Crippen molar-refractivity contribution in [2.24, 2.45) is 28.6 Å². The van der Waals surface area contributed by atoms with Gasteiger partial charge < -0.3 is 5.11 Å². The molecule has 0 heterocycles. The lowest BCUT2D eigenvalue weighted by Crippen LogP contribution is -2.53. The first kappa shape index (κ1) is 14.7. The lowest BCUT2D eigenvalue weighted by Gasteiger charge is -2.57. The molecular formula is C20H28O2. The Hall–Kier alpha value is -0.890. The fourth-order valence-corrected chi connectivity index (χ4v) is 6.44. The van der Waals surface area contributed by atoms with Crippen molar-refractivity contribution < 1.29 is 9.90 Å². The number of ketones is 1. The van der Waals surface area contributed by atoms with E-state index in [1.165, 1.54) is 24.8 Å². The predicted octanol–water partition coefficient (Wildman–Crippen LogP) is 4.05. The Morgan fingerprint density at radius 3 is 2.59 bits per heavy atom. The molecule has 2 nitrogen and oxygen atoms in total. The van der Waals surface area contributed by atoms with E-state index in [4.69, 9.17) is 0 Å². The van der Waals surface area contributed by atoms with Crippen molar-refractivity contribution >= 4 is 5.78 Å². The highest BCUT2D eigenvalue weighted by molar-refractivity contribution is 6.01. The monoisotopic (exact) mass is 300 g/mol. The molecular weight excluding hydrogens is 272 g/mol. The van der Waals surface area contributed by atoms with E-state index >= 15 is 0 Å². The van der Waals surface area contributed by atoms with Crippen LogP contribution in [0.5, 0.6) is 0 Å². The third-order valence-corrected chi connectivity index (χ3v) is 8.12. The molecule has 4 aliphatic carbocycles. The second-order valence-electron chi connectivity index (χ2n) is 8.87. The highest BCUT2D eigenvalue weighted by atomic mass is 16.3. The highest BCUT2D eigenvalue weighted by Crippen LogP contribution is 2.66. The van der Waals surface area contributed by atoms with Gasteiger partial charge >= 0.3 is 0 Å². The molecule has 4 aliphatic rings. The first-order chi connectivity index (χ1) is 10.3.